The second-order valence-electron chi connectivity index (χ2n) is 5.77. The van der Waals surface area contributed by atoms with Crippen molar-refractivity contribution in [2.45, 2.75) is 45.7 Å². The van der Waals surface area contributed by atoms with Crippen molar-refractivity contribution < 1.29 is 4.79 Å². The van der Waals surface area contributed by atoms with Crippen molar-refractivity contribution in [1.29, 1.82) is 0 Å². The fourth-order valence-corrected chi connectivity index (χ4v) is 3.39. The van der Waals surface area contributed by atoms with Gasteiger partial charge >= 0.3 is 0 Å². The van der Waals surface area contributed by atoms with E-state index in [1.165, 1.54) is 19.1 Å². The molecule has 1 fully saturated rings. The first kappa shape index (κ1) is 11.6. The van der Waals surface area contributed by atoms with Crippen molar-refractivity contribution in [2.75, 3.05) is 7.05 Å². The Morgan fingerprint density at radius 1 is 1.50 bits per heavy atom. The monoisotopic (exact) mass is 222 g/mol. The van der Waals surface area contributed by atoms with E-state index in [1.54, 1.807) is 0 Å². The van der Waals surface area contributed by atoms with Crippen LogP contribution < -0.4 is 0 Å². The molecular formula is C13H22N2O. The maximum atomic E-state index is 11.7. The lowest BCUT2D eigenvalue weighted by Crippen LogP contribution is -2.54. The van der Waals surface area contributed by atoms with E-state index >= 15 is 0 Å². The van der Waals surface area contributed by atoms with Crippen LogP contribution in [-0.2, 0) is 4.79 Å². The van der Waals surface area contributed by atoms with Crippen molar-refractivity contribution in [1.82, 2.24) is 4.90 Å². The van der Waals surface area contributed by atoms with E-state index in [-0.39, 0.29) is 11.6 Å². The molecule has 3 atom stereocenters. The lowest BCUT2D eigenvalue weighted by atomic mass is 9.69. The topological polar surface area (TPSA) is 32.7 Å². The number of amides is 1. The number of aliphatic imine (C=N–C) groups is 1. The minimum absolute atomic E-state index is 0.0692. The molecule has 3 heteroatoms. The highest BCUT2D eigenvalue weighted by molar-refractivity contribution is 6.28. The summed E-state index contributed by atoms with van der Waals surface area (Å²) in [6, 6.07) is 0. The van der Waals surface area contributed by atoms with E-state index in [1.807, 2.05) is 11.9 Å². The standard InChI is InChI=1S/C13H22N2O/c1-9(2)11-6-5-10(3)7-13(11)14-8-12(16)15(13)4/h8-11H,5-7H2,1-4H3/t10-,11+,13-/m1/s1. The average molecular weight is 222 g/mol. The highest BCUT2D eigenvalue weighted by atomic mass is 16.2. The number of rotatable bonds is 1. The maximum Gasteiger partial charge on any atom is 0.266 e. The van der Waals surface area contributed by atoms with Gasteiger partial charge in [0.25, 0.3) is 5.91 Å². The Balaban J connectivity index is 2.33. The lowest BCUT2D eigenvalue weighted by molar-refractivity contribution is -0.130. The van der Waals surface area contributed by atoms with Crippen molar-refractivity contribution >= 4 is 12.1 Å². The van der Waals surface area contributed by atoms with E-state index < -0.39 is 0 Å². The van der Waals surface area contributed by atoms with Gasteiger partial charge < -0.3 is 4.90 Å². The Morgan fingerprint density at radius 2 is 2.19 bits per heavy atom. The van der Waals surface area contributed by atoms with E-state index in [9.17, 15) is 4.79 Å². The van der Waals surface area contributed by atoms with Gasteiger partial charge in [0.1, 0.15) is 5.66 Å². The van der Waals surface area contributed by atoms with Crippen LogP contribution in [0.3, 0.4) is 0 Å². The van der Waals surface area contributed by atoms with Crippen molar-refractivity contribution in [3.8, 4) is 0 Å². The van der Waals surface area contributed by atoms with Gasteiger partial charge in [-0.25, -0.2) is 0 Å². The Labute approximate surface area is 97.9 Å². The number of nitrogens with zero attached hydrogens (tertiary/aromatic N) is 2. The average Bonchev–Trinajstić information content (AvgIpc) is 2.47. The molecule has 2 rings (SSSR count). The highest BCUT2D eigenvalue weighted by Gasteiger charge is 2.50. The fourth-order valence-electron chi connectivity index (χ4n) is 3.39. The predicted molar refractivity (Wildman–Crippen MR) is 65.3 cm³/mol. The van der Waals surface area contributed by atoms with Crippen LogP contribution in [0.25, 0.3) is 0 Å². The van der Waals surface area contributed by atoms with Gasteiger partial charge in [-0.3, -0.25) is 9.79 Å². The largest absolute Gasteiger partial charge is 0.316 e. The fraction of sp³-hybridized carbons (Fsp3) is 0.846. The maximum absolute atomic E-state index is 11.7. The van der Waals surface area contributed by atoms with Crippen LogP contribution in [0.15, 0.2) is 4.99 Å². The molecule has 1 saturated carbocycles. The van der Waals surface area contributed by atoms with E-state index in [2.05, 4.69) is 25.8 Å². The van der Waals surface area contributed by atoms with Crippen molar-refractivity contribution in [3.05, 3.63) is 0 Å². The number of hydrogen-bond donors (Lipinski definition) is 0. The third-order valence-corrected chi connectivity index (χ3v) is 4.33. The minimum Gasteiger partial charge on any atom is -0.316 e. The van der Waals surface area contributed by atoms with Crippen molar-refractivity contribution in [3.63, 3.8) is 0 Å². The second kappa shape index (κ2) is 3.86. The van der Waals surface area contributed by atoms with E-state index in [0.29, 0.717) is 17.8 Å². The van der Waals surface area contributed by atoms with Gasteiger partial charge in [0.15, 0.2) is 0 Å². The molecule has 1 heterocycles. The molecule has 0 unspecified atom stereocenters. The molecule has 1 spiro atoms. The van der Waals surface area contributed by atoms with Gasteiger partial charge in [0.2, 0.25) is 0 Å². The van der Waals surface area contributed by atoms with Gasteiger partial charge in [0, 0.05) is 13.0 Å². The zero-order chi connectivity index (χ0) is 11.9. The van der Waals surface area contributed by atoms with Crippen LogP contribution in [0.4, 0.5) is 0 Å². The van der Waals surface area contributed by atoms with Crippen LogP contribution in [0.5, 0.6) is 0 Å². The molecule has 0 bridgehead atoms. The molecule has 16 heavy (non-hydrogen) atoms. The molecule has 0 aromatic rings. The van der Waals surface area contributed by atoms with Gasteiger partial charge in [-0.15, -0.1) is 0 Å². The lowest BCUT2D eigenvalue weighted by Gasteiger charge is -2.47. The quantitative estimate of drug-likeness (QED) is 0.670. The third kappa shape index (κ3) is 1.57. The molecule has 2 aliphatic rings. The molecule has 0 aromatic heterocycles. The van der Waals surface area contributed by atoms with E-state index in [0.717, 1.165) is 6.42 Å². The molecule has 0 saturated heterocycles. The Kier molecular flexibility index (Phi) is 2.81. The Hall–Kier alpha value is -0.860. The molecular weight excluding hydrogens is 200 g/mol. The molecule has 0 radical (unpaired) electrons. The number of carbonyl (C=O) groups is 1. The summed E-state index contributed by atoms with van der Waals surface area (Å²) < 4.78 is 0. The first-order valence-corrected chi connectivity index (χ1v) is 6.30. The first-order chi connectivity index (χ1) is 7.47. The molecule has 90 valence electrons. The van der Waals surface area contributed by atoms with E-state index in [4.69, 9.17) is 0 Å². The van der Waals surface area contributed by atoms with Crippen LogP contribution >= 0.6 is 0 Å². The molecule has 1 aliphatic carbocycles. The summed E-state index contributed by atoms with van der Waals surface area (Å²) in [5.74, 6) is 1.83. The third-order valence-electron chi connectivity index (χ3n) is 4.33. The summed E-state index contributed by atoms with van der Waals surface area (Å²) in [7, 11) is 1.91. The van der Waals surface area contributed by atoms with Gasteiger partial charge in [-0.2, -0.15) is 0 Å². The summed E-state index contributed by atoms with van der Waals surface area (Å²) in [6.07, 6.45) is 5.00. The summed E-state index contributed by atoms with van der Waals surface area (Å²) in [6.45, 7) is 6.76. The van der Waals surface area contributed by atoms with Crippen LogP contribution in [-0.4, -0.2) is 29.7 Å². The molecule has 1 amide bonds. The molecule has 0 N–H and O–H groups in total. The Bertz CT molecular complexity index is 324. The summed E-state index contributed by atoms with van der Waals surface area (Å²) in [4.78, 5) is 18.2. The van der Waals surface area contributed by atoms with Gasteiger partial charge in [-0.1, -0.05) is 27.2 Å². The molecule has 3 nitrogen and oxygen atoms in total. The SMILES string of the molecule is CC(C)[C@@H]1CC[C@@H](C)C[C@]12N=CC(=O)N2C. The zero-order valence-electron chi connectivity index (χ0n) is 10.7. The molecule has 1 aliphatic heterocycles. The van der Waals surface area contributed by atoms with Crippen LogP contribution in [0.1, 0.15) is 40.0 Å². The zero-order valence-corrected chi connectivity index (χ0v) is 10.7. The highest BCUT2D eigenvalue weighted by Crippen LogP contribution is 2.46. The first-order valence-electron chi connectivity index (χ1n) is 6.30. The summed E-state index contributed by atoms with van der Waals surface area (Å²) in [5, 5.41) is 0. The van der Waals surface area contributed by atoms with Crippen molar-refractivity contribution in [2.24, 2.45) is 22.7 Å². The van der Waals surface area contributed by atoms with Crippen LogP contribution in [0.2, 0.25) is 0 Å². The normalized spacial score (nSPS) is 39.1. The summed E-state index contributed by atoms with van der Waals surface area (Å²) >= 11 is 0. The van der Waals surface area contributed by atoms with Gasteiger partial charge in [0.05, 0.1) is 6.21 Å². The summed E-state index contributed by atoms with van der Waals surface area (Å²) in [5.41, 5.74) is -0.233. The minimum atomic E-state index is -0.233. The van der Waals surface area contributed by atoms with Gasteiger partial charge in [-0.05, 0) is 24.7 Å². The number of hydrogen-bond acceptors (Lipinski definition) is 2. The predicted octanol–water partition coefficient (Wildman–Crippen LogP) is 2.32. The van der Waals surface area contributed by atoms with Crippen LogP contribution in [0, 0.1) is 17.8 Å². The molecule has 0 aromatic carbocycles. The smallest absolute Gasteiger partial charge is 0.266 e. The second-order valence-corrected chi connectivity index (χ2v) is 5.77. The number of carbonyl (C=O) groups excluding carboxylic acids is 1. The Morgan fingerprint density at radius 3 is 2.69 bits per heavy atom.